The Bertz CT molecular complexity index is 690. The maximum atomic E-state index is 13.1. The predicted octanol–water partition coefficient (Wildman–Crippen LogP) is 3.23. The van der Waals surface area contributed by atoms with Crippen molar-refractivity contribution in [2.75, 3.05) is 11.4 Å². The fourth-order valence-corrected chi connectivity index (χ4v) is 3.98. The van der Waals surface area contributed by atoms with Gasteiger partial charge >= 0.3 is 10.2 Å². The molecule has 1 heterocycles. The smallest absolute Gasteiger partial charge is 0.307 e. The fourth-order valence-electron chi connectivity index (χ4n) is 2.21. The lowest BCUT2D eigenvalue weighted by molar-refractivity contribution is -0.117. The third-order valence-electron chi connectivity index (χ3n) is 3.36. The van der Waals surface area contributed by atoms with E-state index in [2.05, 4.69) is 31.9 Å². The van der Waals surface area contributed by atoms with Crippen molar-refractivity contribution in [1.82, 2.24) is 0 Å². The Morgan fingerprint density at radius 2 is 1.90 bits per heavy atom. The molecule has 1 aromatic carbocycles. The van der Waals surface area contributed by atoms with Crippen LogP contribution in [0.1, 0.15) is 17.5 Å². The Labute approximate surface area is 133 Å². The minimum atomic E-state index is -4.70. The third-order valence-corrected chi connectivity index (χ3v) is 6.69. The highest BCUT2D eigenvalue weighted by atomic mass is 79.9. The summed E-state index contributed by atoms with van der Waals surface area (Å²) in [5.41, 5.74) is 2.39. The summed E-state index contributed by atoms with van der Waals surface area (Å²) in [6, 6.07) is 1.77. The van der Waals surface area contributed by atoms with Gasteiger partial charge in [0.1, 0.15) is 5.25 Å². The molecule has 1 aromatic rings. The minimum Gasteiger partial charge on any atom is -0.310 e. The quantitative estimate of drug-likeness (QED) is 0.679. The van der Waals surface area contributed by atoms with E-state index in [9.17, 15) is 17.1 Å². The summed E-state index contributed by atoms with van der Waals surface area (Å²) in [5.74, 6) is -0.391. The number of hydrogen-bond donors (Lipinski definition) is 0. The molecule has 110 valence electrons. The Balaban J connectivity index is 2.46. The van der Waals surface area contributed by atoms with Crippen LogP contribution in [0.2, 0.25) is 0 Å². The molecule has 0 bridgehead atoms. The highest BCUT2D eigenvalue weighted by Gasteiger charge is 2.39. The van der Waals surface area contributed by atoms with E-state index in [1.165, 1.54) is 4.90 Å². The molecule has 0 spiro atoms. The van der Waals surface area contributed by atoms with E-state index >= 15 is 0 Å². The molecule has 0 saturated carbocycles. The number of benzene rings is 1. The van der Waals surface area contributed by atoms with Gasteiger partial charge < -0.3 is 4.90 Å². The minimum absolute atomic E-state index is 0.156. The van der Waals surface area contributed by atoms with Crippen molar-refractivity contribution >= 4 is 53.7 Å². The van der Waals surface area contributed by atoms with Crippen molar-refractivity contribution in [3.63, 3.8) is 0 Å². The summed E-state index contributed by atoms with van der Waals surface area (Å²) in [6.07, 6.45) is -0.320. The first-order valence-electron chi connectivity index (χ1n) is 5.82. The summed E-state index contributed by atoms with van der Waals surface area (Å²) in [6.45, 7) is 3.59. The molecule has 1 amide bonds. The van der Waals surface area contributed by atoms with E-state index < -0.39 is 21.4 Å². The largest absolute Gasteiger partial charge is 0.310 e. The summed E-state index contributed by atoms with van der Waals surface area (Å²) in [5, 5.41) is -1.29. The van der Waals surface area contributed by atoms with Gasteiger partial charge in [0.15, 0.2) is 0 Å². The van der Waals surface area contributed by atoms with Crippen LogP contribution < -0.4 is 4.90 Å². The Hall–Kier alpha value is -0.470. The first kappa shape index (κ1) is 15.9. The lowest BCUT2D eigenvalue weighted by Gasteiger charge is -2.21. The van der Waals surface area contributed by atoms with Gasteiger partial charge in [0.2, 0.25) is 5.91 Å². The van der Waals surface area contributed by atoms with Gasteiger partial charge in [0, 0.05) is 21.9 Å². The SMILES string of the molecule is Cc1cc(N2CC(S(=O)(=O)F)CC2=O)c(Br)c(C)c1Br. The number of carbonyl (C=O) groups is 1. The van der Waals surface area contributed by atoms with Crippen molar-refractivity contribution in [2.24, 2.45) is 0 Å². The summed E-state index contributed by atoms with van der Waals surface area (Å²) < 4.78 is 36.6. The molecule has 1 fully saturated rings. The van der Waals surface area contributed by atoms with Crippen LogP contribution in [0.5, 0.6) is 0 Å². The molecule has 20 heavy (non-hydrogen) atoms. The Kier molecular flexibility index (Phi) is 4.28. The first-order valence-corrected chi connectivity index (χ1v) is 8.85. The van der Waals surface area contributed by atoms with E-state index in [1.54, 1.807) is 6.07 Å². The molecule has 2 rings (SSSR count). The number of anilines is 1. The van der Waals surface area contributed by atoms with Crippen molar-refractivity contribution in [2.45, 2.75) is 25.5 Å². The summed E-state index contributed by atoms with van der Waals surface area (Å²) in [4.78, 5) is 13.3. The lowest BCUT2D eigenvalue weighted by atomic mass is 10.1. The highest BCUT2D eigenvalue weighted by Crippen LogP contribution is 2.38. The van der Waals surface area contributed by atoms with E-state index in [0.717, 1.165) is 15.6 Å². The van der Waals surface area contributed by atoms with Gasteiger partial charge in [0.25, 0.3) is 0 Å². The van der Waals surface area contributed by atoms with Crippen LogP contribution in [-0.4, -0.2) is 26.1 Å². The van der Waals surface area contributed by atoms with E-state index in [4.69, 9.17) is 0 Å². The number of halogens is 3. The number of aryl methyl sites for hydroxylation is 1. The number of rotatable bonds is 2. The Morgan fingerprint density at radius 3 is 2.40 bits per heavy atom. The van der Waals surface area contributed by atoms with Crippen LogP contribution >= 0.6 is 31.9 Å². The number of nitrogens with zero attached hydrogens (tertiary/aromatic N) is 1. The van der Waals surface area contributed by atoms with Crippen LogP contribution in [0, 0.1) is 13.8 Å². The van der Waals surface area contributed by atoms with Crippen molar-refractivity contribution < 1.29 is 17.1 Å². The van der Waals surface area contributed by atoms with Gasteiger partial charge in [-0.2, -0.15) is 8.42 Å². The molecule has 1 atom stereocenters. The molecule has 1 unspecified atom stereocenters. The predicted molar refractivity (Wildman–Crippen MR) is 82.1 cm³/mol. The average Bonchev–Trinajstić information content (AvgIpc) is 2.73. The highest BCUT2D eigenvalue weighted by molar-refractivity contribution is 9.11. The molecule has 8 heteroatoms. The molecular weight excluding hydrogens is 417 g/mol. The number of hydrogen-bond acceptors (Lipinski definition) is 3. The fraction of sp³-hybridized carbons (Fsp3) is 0.417. The van der Waals surface area contributed by atoms with Gasteiger partial charge in [-0.05, 0) is 47.0 Å². The van der Waals surface area contributed by atoms with Gasteiger partial charge in [0.05, 0.1) is 5.69 Å². The van der Waals surface area contributed by atoms with Crippen LogP contribution in [0.4, 0.5) is 9.57 Å². The topological polar surface area (TPSA) is 54.5 Å². The average molecular weight is 429 g/mol. The molecule has 0 aromatic heterocycles. The van der Waals surface area contributed by atoms with Crippen LogP contribution in [0.15, 0.2) is 15.0 Å². The zero-order valence-corrected chi connectivity index (χ0v) is 14.8. The second kappa shape index (κ2) is 5.38. The Morgan fingerprint density at radius 1 is 1.30 bits per heavy atom. The molecule has 1 saturated heterocycles. The second-order valence-electron chi connectivity index (χ2n) is 4.77. The first-order chi connectivity index (χ1) is 9.12. The molecule has 0 N–H and O–H groups in total. The van der Waals surface area contributed by atoms with E-state index in [0.29, 0.717) is 10.2 Å². The molecule has 0 radical (unpaired) electrons. The van der Waals surface area contributed by atoms with Crippen molar-refractivity contribution in [1.29, 1.82) is 0 Å². The zero-order valence-electron chi connectivity index (χ0n) is 10.8. The maximum absolute atomic E-state index is 13.1. The second-order valence-corrected chi connectivity index (χ2v) is 7.98. The van der Waals surface area contributed by atoms with Crippen LogP contribution in [-0.2, 0) is 15.0 Å². The molecular formula is C12H12Br2FNO3S. The molecule has 1 aliphatic rings. The van der Waals surface area contributed by atoms with Gasteiger partial charge in [-0.1, -0.05) is 15.9 Å². The molecule has 1 aliphatic heterocycles. The monoisotopic (exact) mass is 427 g/mol. The maximum Gasteiger partial charge on any atom is 0.307 e. The number of amides is 1. The number of carbonyl (C=O) groups excluding carboxylic acids is 1. The third kappa shape index (κ3) is 2.78. The normalized spacial score (nSPS) is 19.8. The molecule has 0 aliphatic carbocycles. The lowest BCUT2D eigenvalue weighted by Crippen LogP contribution is -2.27. The van der Waals surface area contributed by atoms with Gasteiger partial charge in [-0.15, -0.1) is 3.89 Å². The van der Waals surface area contributed by atoms with Crippen molar-refractivity contribution in [3.8, 4) is 0 Å². The zero-order chi connectivity index (χ0) is 15.2. The van der Waals surface area contributed by atoms with Gasteiger partial charge in [-0.3, -0.25) is 4.79 Å². The van der Waals surface area contributed by atoms with Crippen LogP contribution in [0.25, 0.3) is 0 Å². The standard InChI is InChI=1S/C12H12Br2FNO3S/c1-6-3-9(12(14)7(2)11(6)13)16-5-8(4-10(16)17)20(15,18)19/h3,8H,4-5H2,1-2H3. The van der Waals surface area contributed by atoms with E-state index in [1.807, 2.05) is 13.8 Å². The van der Waals surface area contributed by atoms with E-state index in [-0.39, 0.29) is 13.0 Å². The van der Waals surface area contributed by atoms with Gasteiger partial charge in [-0.25, -0.2) is 0 Å². The summed E-state index contributed by atoms with van der Waals surface area (Å²) >= 11 is 6.85. The van der Waals surface area contributed by atoms with Crippen molar-refractivity contribution in [3.05, 3.63) is 26.1 Å². The van der Waals surface area contributed by atoms with Crippen LogP contribution in [0.3, 0.4) is 0 Å². The molecule has 4 nitrogen and oxygen atoms in total. The summed E-state index contributed by atoms with van der Waals surface area (Å²) in [7, 11) is -4.70.